The van der Waals surface area contributed by atoms with Crippen LogP contribution < -0.4 is 10.1 Å². The highest BCUT2D eigenvalue weighted by Crippen LogP contribution is 2.21. The van der Waals surface area contributed by atoms with Crippen LogP contribution in [-0.2, 0) is 6.42 Å². The first-order valence-electron chi connectivity index (χ1n) is 7.24. The fourth-order valence-corrected chi connectivity index (χ4v) is 2.29. The fraction of sp³-hybridized carbons (Fsp3) is 0.375. The van der Waals surface area contributed by atoms with Crippen LogP contribution in [0.25, 0.3) is 0 Å². The van der Waals surface area contributed by atoms with Gasteiger partial charge in [-0.2, -0.15) is 0 Å². The summed E-state index contributed by atoms with van der Waals surface area (Å²) in [6, 6.07) is 9.77. The van der Waals surface area contributed by atoms with Gasteiger partial charge in [0.05, 0.1) is 6.61 Å². The lowest BCUT2D eigenvalue weighted by Crippen LogP contribution is -2.01. The van der Waals surface area contributed by atoms with Gasteiger partial charge in [0.2, 0.25) is 0 Å². The van der Waals surface area contributed by atoms with E-state index in [0.29, 0.717) is 0 Å². The van der Waals surface area contributed by atoms with Gasteiger partial charge in [-0.05, 0) is 53.0 Å². The first-order valence-corrected chi connectivity index (χ1v) is 8.04. The van der Waals surface area contributed by atoms with E-state index in [1.807, 2.05) is 30.3 Å². The number of aromatic nitrogens is 2. The van der Waals surface area contributed by atoms with Gasteiger partial charge in [-0.25, -0.2) is 9.97 Å². The molecule has 0 saturated carbocycles. The summed E-state index contributed by atoms with van der Waals surface area (Å²) < 4.78 is 6.37. The van der Waals surface area contributed by atoms with Crippen molar-refractivity contribution in [1.82, 2.24) is 9.97 Å². The zero-order valence-electron chi connectivity index (χ0n) is 12.4. The van der Waals surface area contributed by atoms with E-state index in [1.54, 1.807) is 0 Å². The van der Waals surface area contributed by atoms with Crippen LogP contribution in [0.5, 0.6) is 5.75 Å². The van der Waals surface area contributed by atoms with Crippen molar-refractivity contribution in [2.24, 2.45) is 0 Å². The Balaban J connectivity index is 2.07. The SMILES string of the molecule is CCCOc1ccc(Nc2cc(Br)nc(CCC)n2)cc1. The van der Waals surface area contributed by atoms with Crippen LogP contribution in [0.4, 0.5) is 11.5 Å². The number of rotatable bonds is 7. The lowest BCUT2D eigenvalue weighted by atomic mass is 10.3. The lowest BCUT2D eigenvalue weighted by molar-refractivity contribution is 0.317. The Labute approximate surface area is 134 Å². The Morgan fingerprint density at radius 3 is 2.52 bits per heavy atom. The maximum atomic E-state index is 5.57. The van der Waals surface area contributed by atoms with Gasteiger partial charge in [0.15, 0.2) is 0 Å². The van der Waals surface area contributed by atoms with Crippen molar-refractivity contribution in [3.63, 3.8) is 0 Å². The molecule has 0 atom stereocenters. The van der Waals surface area contributed by atoms with Gasteiger partial charge in [-0.15, -0.1) is 0 Å². The van der Waals surface area contributed by atoms with Gasteiger partial charge in [-0.3, -0.25) is 0 Å². The van der Waals surface area contributed by atoms with Gasteiger partial charge in [0, 0.05) is 18.2 Å². The zero-order valence-corrected chi connectivity index (χ0v) is 14.0. The van der Waals surface area contributed by atoms with Crippen molar-refractivity contribution >= 4 is 27.4 Å². The van der Waals surface area contributed by atoms with Crippen molar-refractivity contribution in [3.8, 4) is 5.75 Å². The molecule has 0 saturated heterocycles. The molecule has 1 aromatic heterocycles. The normalized spacial score (nSPS) is 10.4. The van der Waals surface area contributed by atoms with E-state index >= 15 is 0 Å². The number of hydrogen-bond donors (Lipinski definition) is 1. The van der Waals surface area contributed by atoms with Crippen LogP contribution in [0, 0.1) is 0 Å². The summed E-state index contributed by atoms with van der Waals surface area (Å²) in [4.78, 5) is 8.87. The van der Waals surface area contributed by atoms with E-state index in [0.717, 1.165) is 53.6 Å². The molecule has 1 aromatic carbocycles. The number of aryl methyl sites for hydroxylation is 1. The average Bonchev–Trinajstić information content (AvgIpc) is 2.46. The third kappa shape index (κ3) is 5.01. The standard InChI is InChI=1S/C16H20BrN3O/c1-3-5-15-19-14(17)11-16(20-15)18-12-6-8-13(9-7-12)21-10-4-2/h6-9,11H,3-5,10H2,1-2H3,(H,18,19,20). The number of ether oxygens (including phenoxy) is 1. The molecule has 0 fully saturated rings. The highest BCUT2D eigenvalue weighted by molar-refractivity contribution is 9.10. The second-order valence-corrected chi connectivity index (χ2v) is 5.55. The predicted molar refractivity (Wildman–Crippen MR) is 89.2 cm³/mol. The Kier molecular flexibility index (Phi) is 5.99. The molecule has 21 heavy (non-hydrogen) atoms. The first-order chi connectivity index (χ1) is 10.2. The largest absolute Gasteiger partial charge is 0.494 e. The summed E-state index contributed by atoms with van der Waals surface area (Å²) in [7, 11) is 0. The van der Waals surface area contributed by atoms with Crippen LogP contribution in [-0.4, -0.2) is 16.6 Å². The molecule has 1 heterocycles. The Hall–Kier alpha value is -1.62. The van der Waals surface area contributed by atoms with Crippen LogP contribution in [0.3, 0.4) is 0 Å². The van der Waals surface area contributed by atoms with Gasteiger partial charge < -0.3 is 10.1 Å². The van der Waals surface area contributed by atoms with Crippen molar-refractivity contribution < 1.29 is 4.74 Å². The summed E-state index contributed by atoms with van der Waals surface area (Å²) in [5, 5.41) is 3.29. The summed E-state index contributed by atoms with van der Waals surface area (Å²) in [5.74, 6) is 2.53. The fourth-order valence-electron chi connectivity index (χ4n) is 1.87. The molecule has 0 aliphatic heterocycles. The monoisotopic (exact) mass is 349 g/mol. The van der Waals surface area contributed by atoms with Crippen molar-refractivity contribution in [1.29, 1.82) is 0 Å². The Morgan fingerprint density at radius 2 is 1.86 bits per heavy atom. The third-order valence-corrected chi connectivity index (χ3v) is 3.22. The minimum absolute atomic E-state index is 0.742. The highest BCUT2D eigenvalue weighted by Gasteiger charge is 2.03. The molecule has 1 N–H and O–H groups in total. The highest BCUT2D eigenvalue weighted by atomic mass is 79.9. The number of nitrogens with one attached hydrogen (secondary N) is 1. The van der Waals surface area contributed by atoms with Crippen LogP contribution in [0.15, 0.2) is 34.9 Å². The molecule has 5 heteroatoms. The number of anilines is 2. The molecule has 0 aliphatic rings. The zero-order chi connectivity index (χ0) is 15.1. The third-order valence-electron chi connectivity index (χ3n) is 2.81. The Morgan fingerprint density at radius 1 is 1.10 bits per heavy atom. The summed E-state index contributed by atoms with van der Waals surface area (Å²) in [6.45, 7) is 4.95. The molecular formula is C16H20BrN3O. The second-order valence-electron chi connectivity index (χ2n) is 4.74. The van der Waals surface area contributed by atoms with Gasteiger partial charge >= 0.3 is 0 Å². The van der Waals surface area contributed by atoms with Gasteiger partial charge in [-0.1, -0.05) is 13.8 Å². The summed E-state index contributed by atoms with van der Waals surface area (Å²) in [6.07, 6.45) is 2.91. The summed E-state index contributed by atoms with van der Waals surface area (Å²) >= 11 is 3.43. The first kappa shape index (κ1) is 15.8. The molecule has 0 bridgehead atoms. The van der Waals surface area contributed by atoms with E-state index in [2.05, 4.69) is 45.1 Å². The van der Waals surface area contributed by atoms with Crippen molar-refractivity contribution in [3.05, 3.63) is 40.8 Å². The molecule has 2 aromatic rings. The van der Waals surface area contributed by atoms with Gasteiger partial charge in [0.25, 0.3) is 0 Å². The minimum atomic E-state index is 0.742. The second kappa shape index (κ2) is 7.98. The van der Waals surface area contributed by atoms with E-state index in [1.165, 1.54) is 0 Å². The molecule has 4 nitrogen and oxygen atoms in total. The Bertz CT molecular complexity index is 572. The molecule has 112 valence electrons. The van der Waals surface area contributed by atoms with Crippen molar-refractivity contribution in [2.45, 2.75) is 33.1 Å². The quantitative estimate of drug-likeness (QED) is 0.734. The maximum absolute atomic E-state index is 5.57. The topological polar surface area (TPSA) is 47.0 Å². The number of benzene rings is 1. The molecule has 0 radical (unpaired) electrons. The van der Waals surface area contributed by atoms with E-state index in [4.69, 9.17) is 4.74 Å². The van der Waals surface area contributed by atoms with Crippen LogP contribution >= 0.6 is 15.9 Å². The maximum Gasteiger partial charge on any atom is 0.135 e. The van der Waals surface area contributed by atoms with Crippen molar-refractivity contribution in [2.75, 3.05) is 11.9 Å². The number of hydrogen-bond acceptors (Lipinski definition) is 4. The van der Waals surface area contributed by atoms with Gasteiger partial charge in [0.1, 0.15) is 22.0 Å². The minimum Gasteiger partial charge on any atom is -0.494 e. The van der Waals surface area contributed by atoms with E-state index < -0.39 is 0 Å². The molecule has 0 spiro atoms. The molecular weight excluding hydrogens is 330 g/mol. The molecule has 2 rings (SSSR count). The average molecular weight is 350 g/mol. The van der Waals surface area contributed by atoms with Crippen LogP contribution in [0.2, 0.25) is 0 Å². The summed E-state index contributed by atoms with van der Waals surface area (Å²) in [5.41, 5.74) is 0.979. The number of halogens is 1. The molecule has 0 amide bonds. The molecule has 0 aliphatic carbocycles. The van der Waals surface area contributed by atoms with E-state index in [9.17, 15) is 0 Å². The van der Waals surface area contributed by atoms with E-state index in [-0.39, 0.29) is 0 Å². The lowest BCUT2D eigenvalue weighted by Gasteiger charge is -2.09. The molecule has 0 unspecified atom stereocenters. The van der Waals surface area contributed by atoms with Crippen LogP contribution in [0.1, 0.15) is 32.5 Å². The predicted octanol–water partition coefficient (Wildman–Crippen LogP) is 4.72. The number of nitrogens with zero attached hydrogens (tertiary/aromatic N) is 2. The smallest absolute Gasteiger partial charge is 0.135 e.